The van der Waals surface area contributed by atoms with Crippen molar-refractivity contribution in [2.45, 2.75) is 30.6 Å². The van der Waals surface area contributed by atoms with Gasteiger partial charge in [0.1, 0.15) is 11.2 Å². The quantitative estimate of drug-likeness (QED) is 0.561. The van der Waals surface area contributed by atoms with E-state index in [-0.39, 0.29) is 16.5 Å². The zero-order valence-corrected chi connectivity index (χ0v) is 16.9. The number of carbonyl (C=O) groups excluding carboxylic acids is 1. The molecule has 7 nitrogen and oxygen atoms in total. The Kier molecular flexibility index (Phi) is 6.36. The third-order valence-electron chi connectivity index (χ3n) is 3.70. The molecule has 0 fully saturated rings. The van der Waals surface area contributed by atoms with Crippen LogP contribution < -0.4 is 14.8 Å². The number of carbonyl (C=O) groups is 1. The predicted molar refractivity (Wildman–Crippen MR) is 105 cm³/mol. The normalized spacial score (nSPS) is 10.8. The van der Waals surface area contributed by atoms with E-state index in [1.54, 1.807) is 26.0 Å². The Labute approximate surface area is 162 Å². The number of rotatable bonds is 6. The fourth-order valence-electron chi connectivity index (χ4n) is 2.53. The number of anilines is 2. The molecular formula is C18H19N3O4S2. The topological polar surface area (TPSA) is 108 Å². The van der Waals surface area contributed by atoms with Gasteiger partial charge in [-0.3, -0.25) is 9.52 Å². The summed E-state index contributed by atoms with van der Waals surface area (Å²) < 4.78 is 33.4. The van der Waals surface area contributed by atoms with Crippen molar-refractivity contribution in [1.29, 1.82) is 5.26 Å². The standard InChI is InChI=1S/C18H19N3O4S2/c1-11-7-14(26-10-19)8-12(2)18(11)21-27(23,24)15-5-6-17(25-4)16(9-15)20-13(3)22/h5-9,21H,1-4H3,(H,20,22). The molecule has 0 radical (unpaired) electrons. The molecule has 0 unspecified atom stereocenters. The van der Waals surface area contributed by atoms with Gasteiger partial charge in [0.15, 0.2) is 0 Å². The molecule has 2 aromatic rings. The molecule has 1 amide bonds. The average molecular weight is 406 g/mol. The molecule has 0 aromatic heterocycles. The summed E-state index contributed by atoms with van der Waals surface area (Å²) in [5, 5.41) is 13.3. The minimum Gasteiger partial charge on any atom is -0.495 e. The summed E-state index contributed by atoms with van der Waals surface area (Å²) in [6.07, 6.45) is 0. The SMILES string of the molecule is COc1ccc(S(=O)(=O)Nc2c(C)cc(SC#N)cc2C)cc1NC(C)=O. The molecule has 27 heavy (non-hydrogen) atoms. The Morgan fingerprint density at radius 2 is 1.81 bits per heavy atom. The molecule has 0 aliphatic rings. The fraction of sp³-hybridized carbons (Fsp3) is 0.222. The van der Waals surface area contributed by atoms with Crippen LogP contribution in [0.1, 0.15) is 18.1 Å². The summed E-state index contributed by atoms with van der Waals surface area (Å²) in [7, 11) is -2.46. The zero-order chi connectivity index (χ0) is 20.2. The van der Waals surface area contributed by atoms with Crippen LogP contribution in [0.25, 0.3) is 0 Å². The molecule has 0 aliphatic heterocycles. The van der Waals surface area contributed by atoms with Crippen molar-refractivity contribution in [2.24, 2.45) is 0 Å². The number of nitrogens with one attached hydrogen (secondary N) is 2. The van der Waals surface area contributed by atoms with E-state index in [1.165, 1.54) is 32.2 Å². The third kappa shape index (κ3) is 4.93. The number of sulfonamides is 1. The number of nitriles is 1. The number of methoxy groups -OCH3 is 1. The molecule has 2 rings (SSSR count). The first-order valence-electron chi connectivity index (χ1n) is 7.83. The van der Waals surface area contributed by atoms with Gasteiger partial charge in [-0.25, -0.2) is 8.42 Å². The highest BCUT2D eigenvalue weighted by atomic mass is 32.2. The summed E-state index contributed by atoms with van der Waals surface area (Å²) in [6.45, 7) is 4.86. The molecule has 0 saturated heterocycles. The van der Waals surface area contributed by atoms with E-state index in [4.69, 9.17) is 10.00 Å². The number of benzene rings is 2. The van der Waals surface area contributed by atoms with Crippen LogP contribution in [-0.2, 0) is 14.8 Å². The largest absolute Gasteiger partial charge is 0.495 e. The average Bonchev–Trinajstić information content (AvgIpc) is 2.58. The Morgan fingerprint density at radius 1 is 1.19 bits per heavy atom. The van der Waals surface area contributed by atoms with E-state index in [1.807, 2.05) is 5.40 Å². The van der Waals surface area contributed by atoms with E-state index in [2.05, 4.69) is 10.0 Å². The lowest BCUT2D eigenvalue weighted by atomic mass is 10.1. The van der Waals surface area contributed by atoms with Gasteiger partial charge in [-0.15, -0.1) is 0 Å². The number of hydrogen-bond acceptors (Lipinski definition) is 6. The summed E-state index contributed by atoms with van der Waals surface area (Å²) in [4.78, 5) is 12.1. The van der Waals surface area contributed by atoms with E-state index in [0.717, 1.165) is 16.7 Å². The molecule has 0 heterocycles. The Bertz CT molecular complexity index is 1000. The van der Waals surface area contributed by atoms with Crippen LogP contribution in [0, 0.1) is 24.5 Å². The van der Waals surface area contributed by atoms with Crippen LogP contribution in [0.4, 0.5) is 11.4 Å². The summed E-state index contributed by atoms with van der Waals surface area (Å²) in [5.41, 5.74) is 2.12. The number of ether oxygens (including phenoxy) is 1. The van der Waals surface area contributed by atoms with Crippen molar-refractivity contribution in [3.8, 4) is 11.2 Å². The lowest BCUT2D eigenvalue weighted by molar-refractivity contribution is -0.114. The van der Waals surface area contributed by atoms with Crippen LogP contribution in [-0.4, -0.2) is 21.4 Å². The molecule has 0 aliphatic carbocycles. The van der Waals surface area contributed by atoms with Crippen LogP contribution in [0.15, 0.2) is 40.1 Å². The number of aryl methyl sites for hydroxylation is 2. The Hall–Kier alpha value is -2.70. The van der Waals surface area contributed by atoms with Crippen molar-refractivity contribution < 1.29 is 17.9 Å². The van der Waals surface area contributed by atoms with Gasteiger partial charge in [-0.2, -0.15) is 5.26 Å². The van der Waals surface area contributed by atoms with Crippen molar-refractivity contribution in [3.05, 3.63) is 41.5 Å². The van der Waals surface area contributed by atoms with Crippen molar-refractivity contribution in [1.82, 2.24) is 0 Å². The summed E-state index contributed by atoms with van der Waals surface area (Å²) in [5.74, 6) is 0.0162. The third-order valence-corrected chi connectivity index (χ3v) is 5.61. The predicted octanol–water partition coefficient (Wildman–Crippen LogP) is 3.64. The lowest BCUT2D eigenvalue weighted by Crippen LogP contribution is -2.16. The highest BCUT2D eigenvalue weighted by Gasteiger charge is 2.19. The smallest absolute Gasteiger partial charge is 0.261 e. The molecule has 0 atom stereocenters. The molecule has 142 valence electrons. The summed E-state index contributed by atoms with van der Waals surface area (Å²) in [6, 6.07) is 7.71. The molecule has 0 bridgehead atoms. The minimum absolute atomic E-state index is 0.0127. The Balaban J connectivity index is 2.43. The van der Waals surface area contributed by atoms with Gasteiger partial charge >= 0.3 is 0 Å². The second kappa shape index (κ2) is 8.33. The lowest BCUT2D eigenvalue weighted by Gasteiger charge is -2.16. The second-order valence-corrected chi connectivity index (χ2v) is 8.31. The van der Waals surface area contributed by atoms with Gasteiger partial charge in [-0.1, -0.05) is 0 Å². The first-order valence-corrected chi connectivity index (χ1v) is 10.1. The number of hydrogen-bond donors (Lipinski definition) is 2. The van der Waals surface area contributed by atoms with Crippen LogP contribution in [0.3, 0.4) is 0 Å². The zero-order valence-electron chi connectivity index (χ0n) is 15.3. The van der Waals surface area contributed by atoms with Crippen molar-refractivity contribution in [3.63, 3.8) is 0 Å². The maximum atomic E-state index is 12.8. The second-order valence-electron chi connectivity index (χ2n) is 5.77. The number of thioether (sulfide) groups is 1. The first-order chi connectivity index (χ1) is 12.7. The highest BCUT2D eigenvalue weighted by Crippen LogP contribution is 2.31. The number of thiocyanates is 1. The minimum atomic E-state index is -3.90. The van der Waals surface area contributed by atoms with Crippen LogP contribution in [0.2, 0.25) is 0 Å². The van der Waals surface area contributed by atoms with Gasteiger partial charge < -0.3 is 10.1 Å². The Morgan fingerprint density at radius 3 is 2.33 bits per heavy atom. The molecular weight excluding hydrogens is 386 g/mol. The van der Waals surface area contributed by atoms with Gasteiger partial charge in [0.25, 0.3) is 10.0 Å². The van der Waals surface area contributed by atoms with E-state index in [9.17, 15) is 13.2 Å². The van der Waals surface area contributed by atoms with E-state index < -0.39 is 10.0 Å². The van der Waals surface area contributed by atoms with Crippen LogP contribution in [0.5, 0.6) is 5.75 Å². The monoisotopic (exact) mass is 405 g/mol. The van der Waals surface area contributed by atoms with Gasteiger partial charge in [0.2, 0.25) is 5.91 Å². The first kappa shape index (κ1) is 20.6. The molecule has 2 N–H and O–H groups in total. The van der Waals surface area contributed by atoms with Crippen molar-refractivity contribution >= 4 is 39.1 Å². The van der Waals surface area contributed by atoms with Gasteiger partial charge in [0.05, 0.1) is 23.4 Å². The number of nitrogens with zero attached hydrogens (tertiary/aromatic N) is 1. The van der Waals surface area contributed by atoms with Gasteiger partial charge in [0, 0.05) is 11.8 Å². The van der Waals surface area contributed by atoms with Gasteiger partial charge in [-0.05, 0) is 67.1 Å². The molecule has 9 heteroatoms. The maximum Gasteiger partial charge on any atom is 0.261 e. The van der Waals surface area contributed by atoms with E-state index in [0.29, 0.717) is 22.6 Å². The molecule has 0 spiro atoms. The van der Waals surface area contributed by atoms with Crippen LogP contribution >= 0.6 is 11.8 Å². The number of amides is 1. The molecule has 2 aromatic carbocycles. The molecule has 0 saturated carbocycles. The maximum absolute atomic E-state index is 12.8. The summed E-state index contributed by atoms with van der Waals surface area (Å²) >= 11 is 1.01. The van der Waals surface area contributed by atoms with E-state index >= 15 is 0 Å². The van der Waals surface area contributed by atoms with Crippen molar-refractivity contribution in [2.75, 3.05) is 17.1 Å². The fourth-order valence-corrected chi connectivity index (χ4v) is 4.34. The highest BCUT2D eigenvalue weighted by molar-refractivity contribution is 8.03.